The second-order valence-corrected chi connectivity index (χ2v) is 5.14. The third-order valence-electron chi connectivity index (χ3n) is 3.75. The summed E-state index contributed by atoms with van der Waals surface area (Å²) < 4.78 is 10.4. The molecule has 0 spiro atoms. The van der Waals surface area contributed by atoms with E-state index in [1.807, 2.05) is 0 Å². The van der Waals surface area contributed by atoms with Gasteiger partial charge in [-0.1, -0.05) is 5.16 Å². The van der Waals surface area contributed by atoms with Crippen LogP contribution in [0.3, 0.4) is 0 Å². The van der Waals surface area contributed by atoms with E-state index in [0.717, 1.165) is 6.42 Å². The number of H-pyrrole nitrogens is 1. The average molecular weight is 299 g/mol. The third-order valence-corrected chi connectivity index (χ3v) is 3.75. The van der Waals surface area contributed by atoms with Crippen molar-refractivity contribution >= 4 is 5.91 Å². The zero-order valence-corrected chi connectivity index (χ0v) is 11.6. The first-order valence-corrected chi connectivity index (χ1v) is 6.97. The molecule has 0 unspecified atom stereocenters. The molecule has 4 rings (SSSR count). The lowest BCUT2D eigenvalue weighted by Crippen LogP contribution is -2.28. The first kappa shape index (κ1) is 12.8. The van der Waals surface area contributed by atoms with E-state index in [2.05, 4.69) is 20.3 Å². The predicted octanol–water partition coefficient (Wildman–Crippen LogP) is 1.68. The van der Waals surface area contributed by atoms with Gasteiger partial charge >= 0.3 is 0 Å². The summed E-state index contributed by atoms with van der Waals surface area (Å²) in [7, 11) is 0. The van der Waals surface area contributed by atoms with Crippen LogP contribution in [0.25, 0.3) is 11.7 Å². The molecule has 1 aliphatic heterocycles. The summed E-state index contributed by atoms with van der Waals surface area (Å²) in [6.07, 6.45) is 3.92. The summed E-state index contributed by atoms with van der Waals surface area (Å²) >= 11 is 0. The molecule has 1 amide bonds. The standard InChI is InChI=1S/C14H13N5O3/c20-14(10-3-5-15-17-10)19-6-4-9(8-19)12-16-13(22-18-12)11-2-1-7-21-11/h1-3,5,7,9H,4,6,8H2,(H,15,17)/t9-/m1/s1. The smallest absolute Gasteiger partial charge is 0.293 e. The maximum absolute atomic E-state index is 12.3. The zero-order chi connectivity index (χ0) is 14.9. The zero-order valence-electron chi connectivity index (χ0n) is 11.6. The van der Waals surface area contributed by atoms with E-state index in [0.29, 0.717) is 36.3 Å². The number of aromatic amines is 1. The van der Waals surface area contributed by atoms with Crippen LogP contribution in [0.5, 0.6) is 0 Å². The van der Waals surface area contributed by atoms with Crippen LogP contribution in [0.4, 0.5) is 0 Å². The molecule has 8 heteroatoms. The summed E-state index contributed by atoms with van der Waals surface area (Å²) in [5.41, 5.74) is 0.491. The molecule has 112 valence electrons. The molecule has 22 heavy (non-hydrogen) atoms. The van der Waals surface area contributed by atoms with E-state index in [4.69, 9.17) is 8.94 Å². The Bertz CT molecular complexity index is 762. The summed E-state index contributed by atoms with van der Waals surface area (Å²) in [6.45, 7) is 1.22. The average Bonchev–Trinajstić information content (AvgIpc) is 3.35. The largest absolute Gasteiger partial charge is 0.459 e. The minimum Gasteiger partial charge on any atom is -0.459 e. The number of furan rings is 1. The molecule has 0 aliphatic carbocycles. The van der Waals surface area contributed by atoms with Gasteiger partial charge in [0.05, 0.1) is 6.26 Å². The topological polar surface area (TPSA) is 101 Å². The van der Waals surface area contributed by atoms with Gasteiger partial charge in [-0.25, -0.2) is 0 Å². The van der Waals surface area contributed by atoms with Gasteiger partial charge in [0.1, 0.15) is 5.69 Å². The van der Waals surface area contributed by atoms with Crippen LogP contribution in [-0.4, -0.2) is 44.2 Å². The first-order chi connectivity index (χ1) is 10.8. The van der Waals surface area contributed by atoms with Crippen molar-refractivity contribution in [1.82, 2.24) is 25.2 Å². The molecule has 1 N–H and O–H groups in total. The Morgan fingerprint density at radius 3 is 3.14 bits per heavy atom. The van der Waals surface area contributed by atoms with Crippen LogP contribution in [-0.2, 0) is 0 Å². The van der Waals surface area contributed by atoms with Gasteiger partial charge in [0, 0.05) is 25.2 Å². The number of carbonyl (C=O) groups excluding carboxylic acids is 1. The fraction of sp³-hybridized carbons (Fsp3) is 0.286. The number of rotatable bonds is 3. The molecule has 0 bridgehead atoms. The van der Waals surface area contributed by atoms with Crippen molar-refractivity contribution in [2.45, 2.75) is 12.3 Å². The molecule has 1 atom stereocenters. The number of aromatic nitrogens is 4. The lowest BCUT2D eigenvalue weighted by atomic mass is 10.1. The van der Waals surface area contributed by atoms with Crippen molar-refractivity contribution < 1.29 is 13.7 Å². The van der Waals surface area contributed by atoms with E-state index in [-0.39, 0.29) is 11.8 Å². The molecule has 0 aromatic carbocycles. The summed E-state index contributed by atoms with van der Waals surface area (Å²) in [6, 6.07) is 5.19. The van der Waals surface area contributed by atoms with Gasteiger partial charge in [0.25, 0.3) is 11.8 Å². The van der Waals surface area contributed by atoms with Gasteiger partial charge in [-0.3, -0.25) is 9.89 Å². The molecule has 0 radical (unpaired) electrons. The fourth-order valence-corrected chi connectivity index (χ4v) is 2.60. The molecule has 1 aliphatic rings. The Balaban J connectivity index is 1.48. The van der Waals surface area contributed by atoms with Gasteiger partial charge < -0.3 is 13.8 Å². The first-order valence-electron chi connectivity index (χ1n) is 6.97. The van der Waals surface area contributed by atoms with Crippen molar-refractivity contribution in [2.75, 3.05) is 13.1 Å². The van der Waals surface area contributed by atoms with E-state index < -0.39 is 0 Å². The lowest BCUT2D eigenvalue weighted by Gasteiger charge is -2.14. The van der Waals surface area contributed by atoms with Crippen molar-refractivity contribution in [2.24, 2.45) is 0 Å². The summed E-state index contributed by atoms with van der Waals surface area (Å²) in [5.74, 6) is 1.51. The number of hydrogen-bond acceptors (Lipinski definition) is 6. The summed E-state index contributed by atoms with van der Waals surface area (Å²) in [5, 5.41) is 10.5. The van der Waals surface area contributed by atoms with Crippen molar-refractivity contribution in [3.63, 3.8) is 0 Å². The van der Waals surface area contributed by atoms with Gasteiger partial charge in [-0.15, -0.1) is 0 Å². The van der Waals surface area contributed by atoms with Crippen LogP contribution in [0.2, 0.25) is 0 Å². The number of hydrogen-bond donors (Lipinski definition) is 1. The minimum absolute atomic E-state index is 0.0604. The van der Waals surface area contributed by atoms with Crippen LogP contribution < -0.4 is 0 Å². The van der Waals surface area contributed by atoms with Gasteiger partial charge in [0.2, 0.25) is 0 Å². The van der Waals surface area contributed by atoms with E-state index >= 15 is 0 Å². The Hall–Kier alpha value is -2.90. The lowest BCUT2D eigenvalue weighted by molar-refractivity contribution is 0.0784. The quantitative estimate of drug-likeness (QED) is 0.789. The third kappa shape index (κ3) is 2.18. The second-order valence-electron chi connectivity index (χ2n) is 5.14. The molecular formula is C14H13N5O3. The van der Waals surface area contributed by atoms with Crippen LogP contribution >= 0.6 is 0 Å². The highest BCUT2D eigenvalue weighted by atomic mass is 16.5. The van der Waals surface area contributed by atoms with Crippen LogP contribution in [0, 0.1) is 0 Å². The molecule has 8 nitrogen and oxygen atoms in total. The molecular weight excluding hydrogens is 286 g/mol. The second kappa shape index (κ2) is 5.14. The number of nitrogens with zero attached hydrogens (tertiary/aromatic N) is 4. The monoisotopic (exact) mass is 299 g/mol. The number of likely N-dealkylation sites (tertiary alicyclic amines) is 1. The fourth-order valence-electron chi connectivity index (χ4n) is 2.60. The molecule has 3 aromatic heterocycles. The predicted molar refractivity (Wildman–Crippen MR) is 73.8 cm³/mol. The highest BCUT2D eigenvalue weighted by Gasteiger charge is 2.31. The molecule has 0 saturated carbocycles. The highest BCUT2D eigenvalue weighted by molar-refractivity contribution is 5.92. The van der Waals surface area contributed by atoms with Crippen LogP contribution in [0.1, 0.15) is 28.7 Å². The molecule has 3 aromatic rings. The maximum Gasteiger partial charge on any atom is 0.293 e. The SMILES string of the molecule is O=C(c1ccn[nH]1)N1CC[C@@H](c2noc(-c3ccco3)n2)C1. The number of nitrogens with one attached hydrogen (secondary N) is 1. The molecule has 1 fully saturated rings. The van der Waals surface area contributed by atoms with Gasteiger partial charge in [-0.2, -0.15) is 10.1 Å². The van der Waals surface area contributed by atoms with Crippen molar-refractivity contribution in [1.29, 1.82) is 0 Å². The van der Waals surface area contributed by atoms with Crippen LogP contribution in [0.15, 0.2) is 39.6 Å². The Labute approximate surface area is 125 Å². The number of carbonyl (C=O) groups is 1. The van der Waals surface area contributed by atoms with E-state index in [1.165, 1.54) is 0 Å². The van der Waals surface area contributed by atoms with Gasteiger partial charge in [-0.05, 0) is 24.6 Å². The highest BCUT2D eigenvalue weighted by Crippen LogP contribution is 2.28. The van der Waals surface area contributed by atoms with Crippen molar-refractivity contribution in [3.05, 3.63) is 42.2 Å². The van der Waals surface area contributed by atoms with Crippen molar-refractivity contribution in [3.8, 4) is 11.7 Å². The molecule has 1 saturated heterocycles. The Morgan fingerprint density at radius 1 is 1.41 bits per heavy atom. The Morgan fingerprint density at radius 2 is 2.36 bits per heavy atom. The Kier molecular flexibility index (Phi) is 2.99. The molecule has 4 heterocycles. The normalized spacial score (nSPS) is 18.0. The maximum atomic E-state index is 12.3. The van der Waals surface area contributed by atoms with Gasteiger partial charge in [0.15, 0.2) is 11.6 Å². The minimum atomic E-state index is -0.0604. The van der Waals surface area contributed by atoms with E-state index in [9.17, 15) is 4.79 Å². The summed E-state index contributed by atoms with van der Waals surface area (Å²) in [4.78, 5) is 18.4. The number of amides is 1. The van der Waals surface area contributed by atoms with E-state index in [1.54, 1.807) is 35.6 Å².